The van der Waals surface area contributed by atoms with Crippen LogP contribution in [-0.4, -0.2) is 19.7 Å². The fraction of sp³-hybridized carbons (Fsp3) is 0.316. The van der Waals surface area contributed by atoms with E-state index in [-0.39, 0.29) is 11.9 Å². The van der Waals surface area contributed by atoms with Gasteiger partial charge in [-0.05, 0) is 41.7 Å². The average molecular weight is 298 g/mol. The molecule has 0 aliphatic carbocycles. The van der Waals surface area contributed by atoms with Crippen molar-refractivity contribution in [2.75, 3.05) is 13.7 Å². The van der Waals surface area contributed by atoms with Crippen LogP contribution in [0.4, 0.5) is 0 Å². The van der Waals surface area contributed by atoms with Crippen LogP contribution in [0.1, 0.15) is 31.7 Å². The van der Waals surface area contributed by atoms with Crippen LogP contribution in [0.3, 0.4) is 0 Å². The van der Waals surface area contributed by atoms with Gasteiger partial charge < -0.3 is 9.47 Å². The molecule has 1 atom stereocenters. The molecular weight excluding hydrogens is 276 g/mol. The van der Waals surface area contributed by atoms with Crippen LogP contribution in [0, 0.1) is 0 Å². The molecule has 0 radical (unpaired) electrons. The van der Waals surface area contributed by atoms with Gasteiger partial charge in [-0.2, -0.15) is 0 Å². The summed E-state index contributed by atoms with van der Waals surface area (Å²) >= 11 is 0. The Morgan fingerprint density at radius 3 is 2.45 bits per heavy atom. The highest BCUT2D eigenvalue weighted by Crippen LogP contribution is 2.26. The number of ether oxygens (including phenoxy) is 2. The van der Waals surface area contributed by atoms with E-state index in [9.17, 15) is 4.79 Å². The largest absolute Gasteiger partial charge is 0.497 e. The number of hydrogen-bond donors (Lipinski definition) is 0. The predicted molar refractivity (Wildman–Crippen MR) is 88.1 cm³/mol. The maximum atomic E-state index is 11.5. The first-order valence-corrected chi connectivity index (χ1v) is 7.54. The smallest absolute Gasteiger partial charge is 0.306 e. The average Bonchev–Trinajstić information content (AvgIpc) is 2.55. The van der Waals surface area contributed by atoms with E-state index in [0.717, 1.165) is 22.4 Å². The summed E-state index contributed by atoms with van der Waals surface area (Å²) in [6.45, 7) is 4.29. The van der Waals surface area contributed by atoms with Crippen molar-refractivity contribution in [1.82, 2.24) is 0 Å². The molecule has 0 aliphatic rings. The molecule has 22 heavy (non-hydrogen) atoms. The minimum absolute atomic E-state index is 0.146. The second-order valence-electron chi connectivity index (χ2n) is 5.26. The first-order valence-electron chi connectivity index (χ1n) is 7.54. The third-order valence-electron chi connectivity index (χ3n) is 3.66. The molecule has 0 spiro atoms. The second-order valence-corrected chi connectivity index (χ2v) is 5.26. The van der Waals surface area contributed by atoms with Gasteiger partial charge in [-0.15, -0.1) is 0 Å². The first kappa shape index (κ1) is 16.1. The van der Waals surface area contributed by atoms with Gasteiger partial charge in [0.2, 0.25) is 0 Å². The van der Waals surface area contributed by atoms with Gasteiger partial charge >= 0.3 is 5.97 Å². The fourth-order valence-corrected chi connectivity index (χ4v) is 2.39. The summed E-state index contributed by atoms with van der Waals surface area (Å²) in [5, 5.41) is 0. The van der Waals surface area contributed by atoms with Gasteiger partial charge in [-0.1, -0.05) is 43.3 Å². The highest BCUT2D eigenvalue weighted by molar-refractivity contribution is 5.71. The fourth-order valence-electron chi connectivity index (χ4n) is 2.39. The summed E-state index contributed by atoms with van der Waals surface area (Å²) in [6.07, 6.45) is 0.409. The highest BCUT2D eigenvalue weighted by Gasteiger charge is 2.12. The summed E-state index contributed by atoms with van der Waals surface area (Å²) in [7, 11) is 1.67. The first-order chi connectivity index (χ1) is 10.6. The zero-order valence-electron chi connectivity index (χ0n) is 13.3. The van der Waals surface area contributed by atoms with E-state index < -0.39 is 0 Å². The Kier molecular flexibility index (Phi) is 5.59. The molecule has 3 nitrogen and oxygen atoms in total. The van der Waals surface area contributed by atoms with Gasteiger partial charge in [0.05, 0.1) is 20.1 Å². The molecule has 3 heteroatoms. The lowest BCUT2D eigenvalue weighted by Crippen LogP contribution is -2.08. The lowest BCUT2D eigenvalue weighted by atomic mass is 9.95. The van der Waals surface area contributed by atoms with E-state index in [0.29, 0.717) is 13.0 Å². The molecule has 0 heterocycles. The minimum Gasteiger partial charge on any atom is -0.497 e. The molecule has 0 bridgehead atoms. The SMILES string of the molecule is CCOC(=O)CC(C)c1ccc(-c2cccc(OC)c2)cc1. The normalized spacial score (nSPS) is 11.8. The van der Waals surface area contributed by atoms with Crippen LogP contribution in [0.2, 0.25) is 0 Å². The maximum absolute atomic E-state index is 11.5. The summed E-state index contributed by atoms with van der Waals surface area (Å²) < 4.78 is 10.3. The Hall–Kier alpha value is -2.29. The summed E-state index contributed by atoms with van der Waals surface area (Å²) in [5.41, 5.74) is 3.38. The van der Waals surface area contributed by atoms with Gasteiger partial charge in [0.1, 0.15) is 5.75 Å². The van der Waals surface area contributed by atoms with Crippen molar-refractivity contribution < 1.29 is 14.3 Å². The van der Waals surface area contributed by atoms with E-state index in [1.807, 2.05) is 32.0 Å². The van der Waals surface area contributed by atoms with E-state index in [1.54, 1.807) is 7.11 Å². The standard InChI is InChI=1S/C19H22O3/c1-4-22-19(20)12-14(2)15-8-10-16(11-9-15)17-6-5-7-18(13-17)21-3/h5-11,13-14H,4,12H2,1-3H3. The highest BCUT2D eigenvalue weighted by atomic mass is 16.5. The van der Waals surface area contributed by atoms with Crippen LogP contribution < -0.4 is 4.74 Å². The zero-order valence-corrected chi connectivity index (χ0v) is 13.3. The van der Waals surface area contributed by atoms with Crippen LogP contribution >= 0.6 is 0 Å². The quantitative estimate of drug-likeness (QED) is 0.741. The van der Waals surface area contributed by atoms with Crippen molar-refractivity contribution in [2.24, 2.45) is 0 Å². The molecule has 2 aromatic carbocycles. The molecule has 0 saturated heterocycles. The van der Waals surface area contributed by atoms with E-state index in [2.05, 4.69) is 30.3 Å². The third kappa shape index (κ3) is 4.10. The summed E-state index contributed by atoms with van der Waals surface area (Å²) in [5.74, 6) is 0.850. The van der Waals surface area contributed by atoms with Crippen LogP contribution in [-0.2, 0) is 9.53 Å². The second kappa shape index (κ2) is 7.64. The van der Waals surface area contributed by atoms with Gasteiger partial charge in [0, 0.05) is 0 Å². The van der Waals surface area contributed by atoms with Crippen molar-refractivity contribution >= 4 is 5.97 Å². The molecule has 2 aromatic rings. The van der Waals surface area contributed by atoms with Crippen LogP contribution in [0.15, 0.2) is 48.5 Å². The van der Waals surface area contributed by atoms with Crippen molar-refractivity contribution in [2.45, 2.75) is 26.2 Å². The van der Waals surface area contributed by atoms with Gasteiger partial charge in [-0.3, -0.25) is 4.79 Å². The monoisotopic (exact) mass is 298 g/mol. The summed E-state index contributed by atoms with van der Waals surface area (Å²) in [6, 6.07) is 16.3. The molecular formula is C19H22O3. The molecule has 116 valence electrons. The van der Waals surface area contributed by atoms with E-state index in [4.69, 9.17) is 9.47 Å². The Morgan fingerprint density at radius 2 is 1.82 bits per heavy atom. The number of benzene rings is 2. The van der Waals surface area contributed by atoms with Crippen molar-refractivity contribution in [3.63, 3.8) is 0 Å². The van der Waals surface area contributed by atoms with Crippen LogP contribution in [0.5, 0.6) is 5.75 Å². The van der Waals surface area contributed by atoms with Gasteiger partial charge in [0.25, 0.3) is 0 Å². The predicted octanol–water partition coefficient (Wildman–Crippen LogP) is 4.42. The Labute approximate surface area is 131 Å². The Morgan fingerprint density at radius 1 is 1.09 bits per heavy atom. The molecule has 0 N–H and O–H groups in total. The van der Waals surface area contributed by atoms with Crippen molar-refractivity contribution in [1.29, 1.82) is 0 Å². The molecule has 0 aromatic heterocycles. The third-order valence-corrected chi connectivity index (χ3v) is 3.66. The molecule has 0 saturated carbocycles. The number of esters is 1. The number of methoxy groups -OCH3 is 1. The Bertz CT molecular complexity index is 617. The molecule has 2 rings (SSSR count). The van der Waals surface area contributed by atoms with E-state index in [1.165, 1.54) is 0 Å². The number of carbonyl (C=O) groups is 1. The molecule has 0 amide bonds. The maximum Gasteiger partial charge on any atom is 0.306 e. The molecule has 0 fully saturated rings. The molecule has 1 unspecified atom stereocenters. The van der Waals surface area contributed by atoms with E-state index >= 15 is 0 Å². The minimum atomic E-state index is -0.146. The zero-order chi connectivity index (χ0) is 15.9. The Balaban J connectivity index is 2.11. The topological polar surface area (TPSA) is 35.5 Å². The van der Waals surface area contributed by atoms with Crippen molar-refractivity contribution in [3.8, 4) is 16.9 Å². The molecule has 0 aliphatic heterocycles. The number of hydrogen-bond acceptors (Lipinski definition) is 3. The van der Waals surface area contributed by atoms with Gasteiger partial charge in [0.15, 0.2) is 0 Å². The summed E-state index contributed by atoms with van der Waals surface area (Å²) in [4.78, 5) is 11.5. The lowest BCUT2D eigenvalue weighted by Gasteiger charge is -2.12. The number of carbonyl (C=O) groups excluding carboxylic acids is 1. The van der Waals surface area contributed by atoms with Gasteiger partial charge in [-0.25, -0.2) is 0 Å². The van der Waals surface area contributed by atoms with Crippen molar-refractivity contribution in [3.05, 3.63) is 54.1 Å². The lowest BCUT2D eigenvalue weighted by molar-refractivity contribution is -0.143. The van der Waals surface area contributed by atoms with Crippen LogP contribution in [0.25, 0.3) is 11.1 Å². The number of rotatable bonds is 6.